The number of aliphatic hydroxyl groups is 1. The molecule has 0 aliphatic carbocycles. The van der Waals surface area contributed by atoms with Gasteiger partial charge in [0.25, 0.3) is 0 Å². The quantitative estimate of drug-likeness (QED) is 0.659. The monoisotopic (exact) mass is 287 g/mol. The van der Waals surface area contributed by atoms with Gasteiger partial charge in [-0.1, -0.05) is 11.6 Å². The van der Waals surface area contributed by atoms with Crippen molar-refractivity contribution >= 4 is 29.6 Å². The molecule has 0 radical (unpaired) electrons. The molecule has 104 valence electrons. The van der Waals surface area contributed by atoms with Gasteiger partial charge in [0.2, 0.25) is 5.91 Å². The third kappa shape index (κ3) is 3.80. The Balaban J connectivity index is 2.76. The highest BCUT2D eigenvalue weighted by Gasteiger charge is 2.17. The maximum Gasteiger partial charge on any atom is 0.328 e. The first kappa shape index (κ1) is 15.2. The standard InChI is InChI=1S/C11H14ClN3O4/c1-6-7(10(12)15(2)14-6)3-4-9(17)13-8(5-16)11(18)19/h3-4,8,16H,5H2,1-2H3,(H,13,17)(H,18,19)/b4-3+/t8-/m1/s1. The first-order valence-corrected chi connectivity index (χ1v) is 5.76. The lowest BCUT2D eigenvalue weighted by Crippen LogP contribution is -2.42. The van der Waals surface area contributed by atoms with Gasteiger partial charge in [-0.25, -0.2) is 4.79 Å². The molecule has 1 rings (SSSR count). The number of amides is 1. The van der Waals surface area contributed by atoms with E-state index < -0.39 is 24.5 Å². The molecule has 1 atom stereocenters. The van der Waals surface area contributed by atoms with Gasteiger partial charge in [0.05, 0.1) is 12.3 Å². The van der Waals surface area contributed by atoms with Gasteiger partial charge in [-0.05, 0) is 13.0 Å². The number of halogens is 1. The van der Waals surface area contributed by atoms with Crippen molar-refractivity contribution in [3.63, 3.8) is 0 Å². The van der Waals surface area contributed by atoms with E-state index in [1.165, 1.54) is 10.8 Å². The summed E-state index contributed by atoms with van der Waals surface area (Å²) in [7, 11) is 1.67. The minimum atomic E-state index is -1.33. The Morgan fingerprint density at radius 3 is 2.63 bits per heavy atom. The van der Waals surface area contributed by atoms with Crippen LogP contribution in [0.4, 0.5) is 0 Å². The van der Waals surface area contributed by atoms with Crippen molar-refractivity contribution in [2.24, 2.45) is 7.05 Å². The summed E-state index contributed by atoms with van der Waals surface area (Å²) in [6.45, 7) is 1.05. The van der Waals surface area contributed by atoms with Crippen molar-refractivity contribution in [1.82, 2.24) is 15.1 Å². The lowest BCUT2D eigenvalue weighted by Gasteiger charge is -2.09. The van der Waals surface area contributed by atoms with E-state index >= 15 is 0 Å². The molecule has 0 aromatic carbocycles. The van der Waals surface area contributed by atoms with Gasteiger partial charge in [-0.2, -0.15) is 5.10 Å². The van der Waals surface area contributed by atoms with E-state index in [0.717, 1.165) is 6.08 Å². The summed E-state index contributed by atoms with van der Waals surface area (Å²) in [4.78, 5) is 22.1. The number of nitrogens with one attached hydrogen (secondary N) is 1. The van der Waals surface area contributed by atoms with Gasteiger partial charge in [0.1, 0.15) is 5.15 Å². The zero-order valence-corrected chi connectivity index (χ0v) is 11.2. The molecule has 0 saturated carbocycles. The molecule has 0 bridgehead atoms. The normalized spacial score (nSPS) is 12.6. The number of aryl methyl sites for hydroxylation is 2. The second-order valence-corrected chi connectivity index (χ2v) is 4.19. The second-order valence-electron chi connectivity index (χ2n) is 3.83. The molecule has 19 heavy (non-hydrogen) atoms. The Morgan fingerprint density at radius 2 is 2.21 bits per heavy atom. The number of hydrogen-bond donors (Lipinski definition) is 3. The third-order valence-electron chi connectivity index (χ3n) is 2.39. The summed E-state index contributed by atoms with van der Waals surface area (Å²) in [5.74, 6) is -1.94. The van der Waals surface area contributed by atoms with E-state index in [1.807, 2.05) is 0 Å². The summed E-state index contributed by atoms with van der Waals surface area (Å²) >= 11 is 5.96. The van der Waals surface area contributed by atoms with Crippen molar-refractivity contribution in [3.8, 4) is 0 Å². The van der Waals surface area contributed by atoms with Crippen LogP contribution in [0, 0.1) is 6.92 Å². The van der Waals surface area contributed by atoms with Crippen LogP contribution in [0.25, 0.3) is 6.08 Å². The molecular formula is C11H14ClN3O4. The van der Waals surface area contributed by atoms with Crippen molar-refractivity contribution in [3.05, 3.63) is 22.5 Å². The van der Waals surface area contributed by atoms with Gasteiger partial charge in [0.15, 0.2) is 6.04 Å². The average Bonchev–Trinajstić information content (AvgIpc) is 2.58. The predicted octanol–water partition coefficient (Wildman–Crippen LogP) is -0.0432. The molecule has 7 nitrogen and oxygen atoms in total. The smallest absolute Gasteiger partial charge is 0.328 e. The Labute approximate surface area is 114 Å². The fourth-order valence-corrected chi connectivity index (χ4v) is 1.64. The highest BCUT2D eigenvalue weighted by Crippen LogP contribution is 2.19. The fraction of sp³-hybridized carbons (Fsp3) is 0.364. The van der Waals surface area contributed by atoms with Crippen LogP contribution in [-0.2, 0) is 16.6 Å². The highest BCUT2D eigenvalue weighted by molar-refractivity contribution is 6.31. The predicted molar refractivity (Wildman–Crippen MR) is 68.6 cm³/mol. The maximum absolute atomic E-state index is 11.5. The van der Waals surface area contributed by atoms with Crippen molar-refractivity contribution < 1.29 is 19.8 Å². The highest BCUT2D eigenvalue weighted by atomic mass is 35.5. The summed E-state index contributed by atoms with van der Waals surface area (Å²) in [5.41, 5.74) is 1.23. The average molecular weight is 288 g/mol. The van der Waals surface area contributed by atoms with E-state index in [-0.39, 0.29) is 0 Å². The van der Waals surface area contributed by atoms with Crippen LogP contribution < -0.4 is 5.32 Å². The van der Waals surface area contributed by atoms with Gasteiger partial charge >= 0.3 is 5.97 Å². The molecule has 1 amide bonds. The van der Waals surface area contributed by atoms with Crippen LogP contribution in [0.2, 0.25) is 5.15 Å². The number of aromatic nitrogens is 2. The van der Waals surface area contributed by atoms with Crippen LogP contribution in [0.3, 0.4) is 0 Å². The number of hydrogen-bond acceptors (Lipinski definition) is 4. The van der Waals surface area contributed by atoms with Gasteiger partial charge in [-0.3, -0.25) is 9.48 Å². The lowest BCUT2D eigenvalue weighted by molar-refractivity contribution is -0.142. The molecule has 0 saturated heterocycles. The summed E-state index contributed by atoms with van der Waals surface area (Å²) in [5, 5.41) is 24.0. The molecule has 1 aromatic heterocycles. The van der Waals surface area contributed by atoms with E-state index in [0.29, 0.717) is 16.4 Å². The lowest BCUT2D eigenvalue weighted by atomic mass is 10.2. The Bertz CT molecular complexity index is 524. The Kier molecular flexibility index (Phi) is 5.08. The second kappa shape index (κ2) is 6.35. The molecular weight excluding hydrogens is 274 g/mol. The molecule has 1 heterocycles. The fourth-order valence-electron chi connectivity index (χ4n) is 1.40. The number of aliphatic carboxylic acids is 1. The van der Waals surface area contributed by atoms with E-state index in [2.05, 4.69) is 10.4 Å². The van der Waals surface area contributed by atoms with E-state index in [9.17, 15) is 9.59 Å². The number of carboxylic acid groups (broad SMARTS) is 1. The topological polar surface area (TPSA) is 104 Å². The summed E-state index contributed by atoms with van der Waals surface area (Å²) in [6, 6.07) is -1.33. The molecule has 8 heteroatoms. The molecule has 0 aliphatic heterocycles. The van der Waals surface area contributed by atoms with Gasteiger partial charge in [0, 0.05) is 18.7 Å². The Hall–Kier alpha value is -1.86. The molecule has 1 aromatic rings. The summed E-state index contributed by atoms with van der Waals surface area (Å²) < 4.78 is 1.46. The number of carboxylic acids is 1. The van der Waals surface area contributed by atoms with E-state index in [1.54, 1.807) is 14.0 Å². The Morgan fingerprint density at radius 1 is 1.58 bits per heavy atom. The van der Waals surface area contributed by atoms with Crippen molar-refractivity contribution in [2.75, 3.05) is 6.61 Å². The van der Waals surface area contributed by atoms with Gasteiger partial charge in [-0.15, -0.1) is 0 Å². The van der Waals surface area contributed by atoms with Crippen LogP contribution in [-0.4, -0.2) is 44.5 Å². The third-order valence-corrected chi connectivity index (χ3v) is 2.84. The molecule has 0 unspecified atom stereocenters. The first-order chi connectivity index (χ1) is 8.86. The molecule has 0 fully saturated rings. The minimum absolute atomic E-state index is 0.374. The molecule has 0 spiro atoms. The maximum atomic E-state index is 11.5. The molecule has 0 aliphatic rings. The number of carbonyl (C=O) groups excluding carboxylic acids is 1. The number of rotatable bonds is 5. The SMILES string of the molecule is Cc1nn(C)c(Cl)c1/C=C/C(=O)N[C@H](CO)C(=O)O. The van der Waals surface area contributed by atoms with Gasteiger partial charge < -0.3 is 15.5 Å². The van der Waals surface area contributed by atoms with E-state index in [4.69, 9.17) is 21.8 Å². The van der Waals surface area contributed by atoms with Crippen LogP contribution in [0.1, 0.15) is 11.3 Å². The van der Waals surface area contributed by atoms with Crippen LogP contribution >= 0.6 is 11.6 Å². The number of aliphatic hydroxyl groups excluding tert-OH is 1. The van der Waals surface area contributed by atoms with Crippen molar-refractivity contribution in [2.45, 2.75) is 13.0 Å². The largest absolute Gasteiger partial charge is 0.480 e. The summed E-state index contributed by atoms with van der Waals surface area (Å²) in [6.07, 6.45) is 2.58. The number of carbonyl (C=O) groups is 2. The van der Waals surface area contributed by atoms with Crippen LogP contribution in [0.5, 0.6) is 0 Å². The minimum Gasteiger partial charge on any atom is -0.480 e. The zero-order valence-electron chi connectivity index (χ0n) is 10.4. The van der Waals surface area contributed by atoms with Crippen LogP contribution in [0.15, 0.2) is 6.08 Å². The first-order valence-electron chi connectivity index (χ1n) is 5.38. The number of nitrogens with zero attached hydrogens (tertiary/aromatic N) is 2. The molecule has 3 N–H and O–H groups in total. The van der Waals surface area contributed by atoms with Crippen molar-refractivity contribution in [1.29, 1.82) is 0 Å². The zero-order chi connectivity index (χ0) is 14.6.